The highest BCUT2D eigenvalue weighted by Crippen LogP contribution is 2.51. The summed E-state index contributed by atoms with van der Waals surface area (Å²) in [5, 5.41) is 0.0125. The minimum absolute atomic E-state index is 0.0613. The van der Waals surface area contributed by atoms with Gasteiger partial charge in [-0.3, -0.25) is 14.5 Å². The van der Waals surface area contributed by atoms with Gasteiger partial charge in [0.15, 0.2) is 10.9 Å². The second kappa shape index (κ2) is 11.2. The van der Waals surface area contributed by atoms with Crippen molar-refractivity contribution in [2.24, 2.45) is 5.92 Å². The zero-order valence-corrected chi connectivity index (χ0v) is 28.8. The molecule has 6 aliphatic rings. The number of carbonyl (C=O) groups excluding carboxylic acids is 1. The smallest absolute Gasteiger partial charge is 0.319 e. The lowest BCUT2D eigenvalue weighted by Crippen LogP contribution is -2.57. The minimum atomic E-state index is -3.00. The van der Waals surface area contributed by atoms with Gasteiger partial charge in [-0.1, -0.05) is 11.3 Å². The Labute approximate surface area is 297 Å². The lowest BCUT2D eigenvalue weighted by Gasteiger charge is -2.42. The van der Waals surface area contributed by atoms with Crippen molar-refractivity contribution in [3.05, 3.63) is 34.1 Å². The Hall–Kier alpha value is -4.12. The van der Waals surface area contributed by atoms with Crippen molar-refractivity contribution in [3.8, 4) is 17.3 Å². The van der Waals surface area contributed by atoms with Crippen molar-refractivity contribution in [1.29, 1.82) is 0 Å². The largest absolute Gasteiger partial charge is 0.461 e. The maximum absolute atomic E-state index is 17.4. The number of hydrogen-bond donors (Lipinski definition) is 1. The van der Waals surface area contributed by atoms with Gasteiger partial charge in [0.05, 0.1) is 21.4 Å². The number of fused-ring (bicyclic) bond motifs is 5. The van der Waals surface area contributed by atoms with Crippen molar-refractivity contribution in [1.82, 2.24) is 29.3 Å². The van der Waals surface area contributed by atoms with Gasteiger partial charge >= 0.3 is 6.01 Å². The fraction of sp³-hybridized carbons (Fsp3) is 0.571. The molecule has 0 spiro atoms. The molecule has 4 aliphatic heterocycles. The molecule has 3 aromatic heterocycles. The zero-order chi connectivity index (χ0) is 35.8. The second-order valence-electron chi connectivity index (χ2n) is 15.4. The third kappa shape index (κ3) is 4.86. The maximum Gasteiger partial charge on any atom is 0.319 e. The highest BCUT2D eigenvalue weighted by atomic mass is 32.1. The van der Waals surface area contributed by atoms with E-state index in [0.29, 0.717) is 32.2 Å². The number of benzene rings is 1. The molecule has 1 amide bonds. The van der Waals surface area contributed by atoms with Crippen LogP contribution in [-0.4, -0.2) is 97.7 Å². The second-order valence-corrected chi connectivity index (χ2v) is 16.4. The van der Waals surface area contributed by atoms with E-state index in [2.05, 4.69) is 14.9 Å². The Morgan fingerprint density at radius 1 is 1.00 bits per heavy atom. The molecule has 1 aromatic carbocycles. The monoisotopic (exact) mass is 742 g/mol. The Balaban J connectivity index is 1.12. The summed E-state index contributed by atoms with van der Waals surface area (Å²) in [7, 11) is 0. The van der Waals surface area contributed by atoms with Crippen molar-refractivity contribution in [2.45, 2.75) is 87.1 Å². The van der Waals surface area contributed by atoms with Gasteiger partial charge in [0.25, 0.3) is 11.5 Å². The Kier molecular flexibility index (Phi) is 7.00. The van der Waals surface area contributed by atoms with Gasteiger partial charge in [-0.2, -0.15) is 9.97 Å². The van der Waals surface area contributed by atoms with Gasteiger partial charge in [0, 0.05) is 56.2 Å². The molecule has 11 nitrogen and oxygen atoms in total. The topological polar surface area (TPSA) is 123 Å². The molecule has 17 heteroatoms. The van der Waals surface area contributed by atoms with Crippen LogP contribution in [0.2, 0.25) is 0 Å². The number of anilines is 2. The molecular weight excluding hydrogens is 707 g/mol. The van der Waals surface area contributed by atoms with Crippen molar-refractivity contribution < 1.29 is 31.5 Å². The summed E-state index contributed by atoms with van der Waals surface area (Å²) in [6.07, 6.45) is 2.82. The number of rotatable bonds is 7. The normalized spacial score (nSPS) is 29.4. The van der Waals surface area contributed by atoms with E-state index in [-0.39, 0.29) is 81.5 Å². The predicted molar refractivity (Wildman–Crippen MR) is 182 cm³/mol. The Morgan fingerprint density at radius 2 is 1.73 bits per heavy atom. The van der Waals surface area contributed by atoms with Crippen LogP contribution in [0, 0.1) is 17.6 Å². The number of pyridine rings is 1. The molecule has 10 rings (SSSR count). The predicted octanol–water partition coefficient (Wildman–Crippen LogP) is 5.05. The number of thiazole rings is 1. The molecule has 0 radical (unpaired) electrons. The fourth-order valence-corrected chi connectivity index (χ4v) is 10.1. The van der Waals surface area contributed by atoms with E-state index in [1.54, 1.807) is 4.90 Å². The first kappa shape index (κ1) is 32.5. The first-order valence-electron chi connectivity index (χ1n) is 17.9. The Morgan fingerprint density at radius 3 is 2.44 bits per heavy atom. The summed E-state index contributed by atoms with van der Waals surface area (Å²) in [5.41, 5.74) is 4.79. The minimum Gasteiger partial charge on any atom is -0.461 e. The van der Waals surface area contributed by atoms with Crippen LogP contribution in [-0.2, 0) is 4.79 Å². The number of hydrogen-bond acceptors (Lipinski definition) is 10. The van der Waals surface area contributed by atoms with Crippen molar-refractivity contribution in [2.75, 3.05) is 43.4 Å². The molecule has 4 aromatic rings. The van der Waals surface area contributed by atoms with E-state index in [1.807, 2.05) is 4.90 Å². The van der Waals surface area contributed by atoms with Gasteiger partial charge < -0.3 is 24.8 Å². The molecule has 2 saturated carbocycles. The average molecular weight is 743 g/mol. The number of alkyl halides is 3. The number of carbonyl (C=O) groups is 1. The zero-order valence-electron chi connectivity index (χ0n) is 28.0. The molecule has 6 fully saturated rings. The van der Waals surface area contributed by atoms with Crippen LogP contribution in [0.4, 0.5) is 32.9 Å². The molecule has 2 N–H and O–H groups in total. The van der Waals surface area contributed by atoms with Crippen LogP contribution in [0.25, 0.3) is 32.4 Å². The third-order valence-corrected chi connectivity index (χ3v) is 12.9. The quantitative estimate of drug-likeness (QED) is 0.259. The van der Waals surface area contributed by atoms with Gasteiger partial charge in [-0.05, 0) is 57.2 Å². The number of aromatic nitrogens is 4. The maximum atomic E-state index is 17.4. The standard InChI is InChI=1S/C35H35F5N8O3S/c36-16-10-34(8-1-9-46(34)12-16)15-51-33-43-26-23(29(44-33)45-13-18-4-5-19(14-45)47(18)30(49)21-11-35(21,39)40)31(50)48(17-2-3-17)27(24(26)38)20-6-7-22(37)28-25(20)42-32(41)52-28/h6-7,16-19,21H,1-5,8-15H2,(H2,41,42)/t16-,18-,19+,21?,34+/m1/s1. The number of piperazine rings is 1. The average Bonchev–Trinajstić information content (AvgIpc) is 3.87. The summed E-state index contributed by atoms with van der Waals surface area (Å²) < 4.78 is 82.6. The summed E-state index contributed by atoms with van der Waals surface area (Å²) in [6, 6.07) is 1.25. The van der Waals surface area contributed by atoms with Crippen molar-refractivity contribution in [3.63, 3.8) is 0 Å². The summed E-state index contributed by atoms with van der Waals surface area (Å²) >= 11 is 0.924. The number of amides is 1. The first-order valence-corrected chi connectivity index (χ1v) is 18.7. The molecule has 4 saturated heterocycles. The molecule has 2 aliphatic carbocycles. The van der Waals surface area contributed by atoms with Gasteiger partial charge in [-0.15, -0.1) is 0 Å². The number of halogens is 5. The van der Waals surface area contributed by atoms with Crippen LogP contribution in [0.5, 0.6) is 6.01 Å². The van der Waals surface area contributed by atoms with E-state index in [0.717, 1.165) is 30.7 Å². The van der Waals surface area contributed by atoms with E-state index in [4.69, 9.17) is 15.5 Å². The lowest BCUT2D eigenvalue weighted by molar-refractivity contribution is -0.138. The molecule has 274 valence electrons. The summed E-state index contributed by atoms with van der Waals surface area (Å²) in [6.45, 7) is 1.48. The Bertz CT molecular complexity index is 2230. The van der Waals surface area contributed by atoms with E-state index >= 15 is 4.39 Å². The SMILES string of the molecule is Nc1nc2c(-c3c(F)c4nc(OC[C@@]56CCCN5C[C@H](F)C6)nc(N5C[C@H]6CC[C@@H](C5)N6C(=O)C5CC5(F)F)c4c(=O)n3C3CC3)ccc(F)c2s1. The molecule has 2 bridgehead atoms. The van der Waals surface area contributed by atoms with Crippen LogP contribution in [0.3, 0.4) is 0 Å². The first-order chi connectivity index (χ1) is 24.9. The summed E-state index contributed by atoms with van der Waals surface area (Å²) in [4.78, 5) is 47.0. The van der Waals surface area contributed by atoms with Crippen molar-refractivity contribution >= 4 is 49.3 Å². The molecule has 1 unspecified atom stereocenters. The van der Waals surface area contributed by atoms with E-state index < -0.39 is 65.2 Å². The van der Waals surface area contributed by atoms with E-state index in [1.165, 1.54) is 16.7 Å². The van der Waals surface area contributed by atoms with Gasteiger partial charge in [0.2, 0.25) is 5.91 Å². The number of nitrogens with zero attached hydrogens (tertiary/aromatic N) is 7. The van der Waals surface area contributed by atoms with Gasteiger partial charge in [0.1, 0.15) is 41.2 Å². The third-order valence-electron chi connectivity index (χ3n) is 12.0. The lowest BCUT2D eigenvalue weighted by atomic mass is 9.95. The molecule has 5 atom stereocenters. The van der Waals surface area contributed by atoms with Crippen LogP contribution >= 0.6 is 11.3 Å². The van der Waals surface area contributed by atoms with Gasteiger partial charge in [-0.25, -0.2) is 26.9 Å². The van der Waals surface area contributed by atoms with Crippen LogP contribution in [0.1, 0.15) is 57.4 Å². The fourth-order valence-electron chi connectivity index (χ4n) is 9.37. The van der Waals surface area contributed by atoms with E-state index in [9.17, 15) is 27.2 Å². The summed E-state index contributed by atoms with van der Waals surface area (Å²) in [5.74, 6) is -6.16. The van der Waals surface area contributed by atoms with Crippen LogP contribution in [0.15, 0.2) is 16.9 Å². The molecular formula is C35H35F5N8O3S. The van der Waals surface area contributed by atoms with Crippen LogP contribution < -0.4 is 20.9 Å². The number of ether oxygens (including phenoxy) is 1. The number of nitrogen functional groups attached to an aromatic ring is 1. The number of nitrogens with two attached hydrogens (primary N) is 1. The molecule has 7 heterocycles. The molecule has 52 heavy (non-hydrogen) atoms. The highest BCUT2D eigenvalue weighted by Gasteiger charge is 2.64. The highest BCUT2D eigenvalue weighted by molar-refractivity contribution is 7.22.